The molecule has 5 heteroatoms. The molecule has 0 saturated carbocycles. The molecule has 4 nitrogen and oxygen atoms in total. The molecule has 1 amide bonds. The highest BCUT2D eigenvalue weighted by atomic mass is 35.5. The molecule has 0 aliphatic carbocycles. The number of aromatic nitrogens is 1. The van der Waals surface area contributed by atoms with Crippen molar-refractivity contribution in [3.05, 3.63) is 40.5 Å². The molecule has 2 aromatic rings. The molecular formula is C19H23ClN2O2. The zero-order chi connectivity index (χ0) is 17.5. The lowest BCUT2D eigenvalue weighted by Gasteiger charge is -2.29. The molecule has 0 bridgehead atoms. The number of pyridine rings is 1. The number of aryl methyl sites for hydroxylation is 1. The van der Waals surface area contributed by atoms with Crippen molar-refractivity contribution in [3.8, 4) is 0 Å². The fourth-order valence-electron chi connectivity index (χ4n) is 3.20. The Morgan fingerprint density at radius 3 is 2.83 bits per heavy atom. The first-order valence-electron chi connectivity index (χ1n) is 8.31. The third-order valence-electron chi connectivity index (χ3n) is 4.27. The van der Waals surface area contributed by atoms with Gasteiger partial charge < -0.3 is 9.64 Å². The lowest BCUT2D eigenvalue weighted by atomic mass is 10.0. The van der Waals surface area contributed by atoms with E-state index in [4.69, 9.17) is 16.3 Å². The number of amides is 1. The second kappa shape index (κ2) is 6.25. The van der Waals surface area contributed by atoms with E-state index in [1.807, 2.05) is 45.9 Å². The average molecular weight is 347 g/mol. The van der Waals surface area contributed by atoms with Gasteiger partial charge in [0.25, 0.3) is 0 Å². The van der Waals surface area contributed by atoms with E-state index in [-0.39, 0.29) is 12.1 Å². The van der Waals surface area contributed by atoms with Crippen LogP contribution in [-0.2, 0) is 4.74 Å². The molecule has 1 fully saturated rings. The van der Waals surface area contributed by atoms with Crippen molar-refractivity contribution in [2.75, 3.05) is 6.54 Å². The monoisotopic (exact) mass is 346 g/mol. The van der Waals surface area contributed by atoms with Gasteiger partial charge >= 0.3 is 6.09 Å². The molecule has 3 rings (SSSR count). The number of halogens is 1. The molecule has 1 atom stereocenters. The van der Waals surface area contributed by atoms with Crippen molar-refractivity contribution in [1.29, 1.82) is 0 Å². The van der Waals surface area contributed by atoms with E-state index in [1.54, 1.807) is 4.90 Å². The summed E-state index contributed by atoms with van der Waals surface area (Å²) in [6.45, 7) is 8.34. The summed E-state index contributed by atoms with van der Waals surface area (Å²) in [4.78, 5) is 18.9. The first kappa shape index (κ1) is 17.0. The van der Waals surface area contributed by atoms with Crippen molar-refractivity contribution in [1.82, 2.24) is 9.88 Å². The Labute approximate surface area is 147 Å². The molecule has 0 radical (unpaired) electrons. The maximum Gasteiger partial charge on any atom is 0.410 e. The predicted molar refractivity (Wildman–Crippen MR) is 96.4 cm³/mol. The Balaban J connectivity index is 1.97. The predicted octanol–water partition coefficient (Wildman–Crippen LogP) is 5.27. The highest BCUT2D eigenvalue weighted by Gasteiger charge is 2.34. The van der Waals surface area contributed by atoms with Gasteiger partial charge in [-0.05, 0) is 52.2 Å². The third-order valence-corrected chi connectivity index (χ3v) is 4.57. The SMILES string of the molecule is Cc1cccc2cc([C@@H]3CCCN3C(=O)OC(C)(C)C)c(Cl)nc12. The second-order valence-electron chi connectivity index (χ2n) is 7.35. The first-order chi connectivity index (χ1) is 11.3. The smallest absolute Gasteiger partial charge is 0.410 e. The van der Waals surface area contributed by atoms with Gasteiger partial charge in [-0.15, -0.1) is 0 Å². The maximum absolute atomic E-state index is 12.5. The summed E-state index contributed by atoms with van der Waals surface area (Å²) >= 11 is 6.47. The van der Waals surface area contributed by atoms with Gasteiger partial charge in [0.15, 0.2) is 0 Å². The van der Waals surface area contributed by atoms with Crippen LogP contribution in [0.2, 0.25) is 5.15 Å². The number of carbonyl (C=O) groups excluding carboxylic acids is 1. The lowest BCUT2D eigenvalue weighted by Crippen LogP contribution is -2.36. The quantitative estimate of drug-likeness (QED) is 0.661. The lowest BCUT2D eigenvalue weighted by molar-refractivity contribution is 0.0224. The largest absolute Gasteiger partial charge is 0.444 e. The zero-order valence-corrected chi connectivity index (χ0v) is 15.4. The van der Waals surface area contributed by atoms with Crippen LogP contribution in [0.5, 0.6) is 0 Å². The standard InChI is InChI=1S/C19H23ClN2O2/c1-12-7-5-8-13-11-14(17(20)21-16(12)13)15-9-6-10-22(15)18(23)24-19(2,3)4/h5,7-8,11,15H,6,9-10H2,1-4H3/t15-/m0/s1. The van der Waals surface area contributed by atoms with Crippen molar-refractivity contribution >= 4 is 28.6 Å². The summed E-state index contributed by atoms with van der Waals surface area (Å²) in [7, 11) is 0. The summed E-state index contributed by atoms with van der Waals surface area (Å²) in [5, 5.41) is 1.52. The van der Waals surface area contributed by atoms with E-state index >= 15 is 0 Å². The van der Waals surface area contributed by atoms with Crippen LogP contribution in [0, 0.1) is 6.92 Å². The van der Waals surface area contributed by atoms with Gasteiger partial charge in [-0.3, -0.25) is 0 Å². The number of para-hydroxylation sites is 1. The van der Waals surface area contributed by atoms with E-state index in [1.165, 1.54) is 0 Å². The van der Waals surface area contributed by atoms with Gasteiger partial charge in [0, 0.05) is 17.5 Å². The van der Waals surface area contributed by atoms with Gasteiger partial charge in [0.2, 0.25) is 0 Å². The van der Waals surface area contributed by atoms with Gasteiger partial charge in [-0.2, -0.15) is 0 Å². The molecule has 128 valence electrons. The molecule has 1 aliphatic rings. The van der Waals surface area contributed by atoms with Crippen LogP contribution < -0.4 is 0 Å². The normalized spacial score (nSPS) is 18.2. The number of carbonyl (C=O) groups is 1. The second-order valence-corrected chi connectivity index (χ2v) is 7.70. The molecule has 0 N–H and O–H groups in total. The van der Waals surface area contributed by atoms with Crippen molar-refractivity contribution in [2.45, 2.75) is 52.2 Å². The molecule has 2 heterocycles. The fraction of sp³-hybridized carbons (Fsp3) is 0.474. The van der Waals surface area contributed by atoms with Gasteiger partial charge in [-0.25, -0.2) is 9.78 Å². The highest BCUT2D eigenvalue weighted by molar-refractivity contribution is 6.30. The summed E-state index contributed by atoms with van der Waals surface area (Å²) < 4.78 is 5.54. The highest BCUT2D eigenvalue weighted by Crippen LogP contribution is 2.37. The van der Waals surface area contributed by atoms with Crippen LogP contribution in [-0.4, -0.2) is 28.1 Å². The van der Waals surface area contributed by atoms with E-state index < -0.39 is 5.60 Å². The van der Waals surface area contributed by atoms with Crippen LogP contribution in [0.3, 0.4) is 0 Å². The van der Waals surface area contributed by atoms with Crippen LogP contribution in [0.4, 0.5) is 4.79 Å². The van der Waals surface area contributed by atoms with E-state index in [0.29, 0.717) is 11.7 Å². The maximum atomic E-state index is 12.5. The Morgan fingerprint density at radius 1 is 1.38 bits per heavy atom. The number of hydrogen-bond donors (Lipinski definition) is 0. The third kappa shape index (κ3) is 3.34. The molecule has 1 saturated heterocycles. The first-order valence-corrected chi connectivity index (χ1v) is 8.69. The molecule has 24 heavy (non-hydrogen) atoms. The summed E-state index contributed by atoms with van der Waals surface area (Å²) in [5.74, 6) is 0. The van der Waals surface area contributed by atoms with Gasteiger partial charge in [-0.1, -0.05) is 29.8 Å². The van der Waals surface area contributed by atoms with Crippen LogP contribution in [0.15, 0.2) is 24.3 Å². The molecular weight excluding hydrogens is 324 g/mol. The zero-order valence-electron chi connectivity index (χ0n) is 14.6. The number of nitrogens with zero attached hydrogens (tertiary/aromatic N) is 2. The number of fused-ring (bicyclic) bond motifs is 1. The summed E-state index contributed by atoms with van der Waals surface area (Å²) in [6, 6.07) is 8.04. The van der Waals surface area contributed by atoms with Crippen LogP contribution >= 0.6 is 11.6 Å². The van der Waals surface area contributed by atoms with Gasteiger partial charge in [0.05, 0.1) is 11.6 Å². The van der Waals surface area contributed by atoms with Crippen molar-refractivity contribution in [3.63, 3.8) is 0 Å². The molecule has 1 aromatic heterocycles. The Hall–Kier alpha value is -1.81. The fourth-order valence-corrected chi connectivity index (χ4v) is 3.47. The summed E-state index contributed by atoms with van der Waals surface area (Å²) in [5.41, 5.74) is 2.40. The minimum absolute atomic E-state index is 0.0789. The number of rotatable bonds is 1. The Morgan fingerprint density at radius 2 is 2.12 bits per heavy atom. The average Bonchev–Trinajstić information content (AvgIpc) is 2.95. The number of hydrogen-bond acceptors (Lipinski definition) is 3. The molecule has 1 aliphatic heterocycles. The minimum atomic E-state index is -0.507. The number of benzene rings is 1. The van der Waals surface area contributed by atoms with E-state index in [2.05, 4.69) is 11.1 Å². The van der Waals surface area contributed by atoms with Crippen molar-refractivity contribution < 1.29 is 9.53 Å². The van der Waals surface area contributed by atoms with Crippen LogP contribution in [0.25, 0.3) is 10.9 Å². The summed E-state index contributed by atoms with van der Waals surface area (Å²) in [6.07, 6.45) is 1.52. The number of likely N-dealkylation sites (tertiary alicyclic amines) is 1. The molecule has 0 unspecified atom stereocenters. The van der Waals surface area contributed by atoms with Crippen molar-refractivity contribution in [2.24, 2.45) is 0 Å². The Kier molecular flexibility index (Phi) is 4.43. The topological polar surface area (TPSA) is 42.4 Å². The minimum Gasteiger partial charge on any atom is -0.444 e. The van der Waals surface area contributed by atoms with E-state index in [0.717, 1.165) is 34.9 Å². The molecule has 0 spiro atoms. The van der Waals surface area contributed by atoms with Crippen LogP contribution in [0.1, 0.15) is 50.8 Å². The molecule has 1 aromatic carbocycles. The number of ether oxygens (including phenoxy) is 1. The Bertz CT molecular complexity index is 783. The van der Waals surface area contributed by atoms with Gasteiger partial charge in [0.1, 0.15) is 10.8 Å². The van der Waals surface area contributed by atoms with E-state index in [9.17, 15) is 4.79 Å².